The molecule has 1 aliphatic heterocycles. The van der Waals surface area contributed by atoms with Crippen molar-refractivity contribution in [3.8, 4) is 0 Å². The number of carbonyl (C=O) groups is 2. The normalized spacial score (nSPS) is 16.6. The van der Waals surface area contributed by atoms with Crippen LogP contribution in [0.1, 0.15) is 28.8 Å². The molecule has 5 nitrogen and oxygen atoms in total. The molecule has 1 saturated heterocycles. The van der Waals surface area contributed by atoms with Gasteiger partial charge in [-0.25, -0.2) is 4.98 Å². The third kappa shape index (κ3) is 2.50. The Bertz CT molecular complexity index is 465. The van der Waals surface area contributed by atoms with Crippen LogP contribution in [0, 0.1) is 12.8 Å². The lowest BCUT2D eigenvalue weighted by molar-refractivity contribution is -0.122. The highest BCUT2D eigenvalue weighted by Gasteiger charge is 2.24. The molecule has 0 aliphatic carbocycles. The summed E-state index contributed by atoms with van der Waals surface area (Å²) in [6, 6.07) is 1.83. The number of hydrogen-bond acceptors (Lipinski definition) is 4. The first-order valence-electron chi connectivity index (χ1n) is 6.08. The third-order valence-corrected chi connectivity index (χ3v) is 3.40. The summed E-state index contributed by atoms with van der Waals surface area (Å²) in [7, 11) is 0. The van der Waals surface area contributed by atoms with Gasteiger partial charge in [0.2, 0.25) is 5.91 Å². The standard InChI is InChI=1S/C13H17N3O2/c1-9-6-10(8-17)7-15-13(9)16-4-2-11(3-5-16)12(14)18/h6-8,11H,2-5H2,1H3,(H2,14,18). The maximum Gasteiger partial charge on any atom is 0.220 e. The van der Waals surface area contributed by atoms with Gasteiger partial charge in [-0.05, 0) is 31.4 Å². The van der Waals surface area contributed by atoms with Crippen LogP contribution in [0.5, 0.6) is 0 Å². The maximum atomic E-state index is 11.1. The van der Waals surface area contributed by atoms with Gasteiger partial charge in [-0.1, -0.05) is 0 Å². The number of nitrogens with zero attached hydrogens (tertiary/aromatic N) is 2. The number of amides is 1. The predicted molar refractivity (Wildman–Crippen MR) is 68.5 cm³/mol. The van der Waals surface area contributed by atoms with E-state index >= 15 is 0 Å². The van der Waals surface area contributed by atoms with Crippen molar-refractivity contribution in [2.24, 2.45) is 11.7 Å². The Hall–Kier alpha value is -1.91. The molecule has 2 N–H and O–H groups in total. The Morgan fingerprint density at radius 1 is 1.50 bits per heavy atom. The lowest BCUT2D eigenvalue weighted by Crippen LogP contribution is -2.39. The van der Waals surface area contributed by atoms with E-state index in [0.717, 1.165) is 43.6 Å². The second-order valence-electron chi connectivity index (χ2n) is 4.69. The van der Waals surface area contributed by atoms with E-state index in [1.165, 1.54) is 0 Å². The number of aldehydes is 1. The second kappa shape index (κ2) is 5.16. The number of carbonyl (C=O) groups excluding carboxylic acids is 2. The number of hydrogen-bond donors (Lipinski definition) is 1. The molecular weight excluding hydrogens is 230 g/mol. The zero-order chi connectivity index (χ0) is 13.1. The van der Waals surface area contributed by atoms with Crippen LogP contribution in [-0.4, -0.2) is 30.3 Å². The largest absolute Gasteiger partial charge is 0.369 e. The summed E-state index contributed by atoms with van der Waals surface area (Å²) in [5, 5.41) is 0. The van der Waals surface area contributed by atoms with Gasteiger partial charge in [0.05, 0.1) is 0 Å². The lowest BCUT2D eigenvalue weighted by atomic mass is 9.96. The predicted octanol–water partition coefficient (Wildman–Crippen LogP) is 0.904. The zero-order valence-electron chi connectivity index (χ0n) is 10.4. The summed E-state index contributed by atoms with van der Waals surface area (Å²) in [6.45, 7) is 3.50. The van der Waals surface area contributed by atoms with E-state index in [1.807, 2.05) is 13.0 Å². The van der Waals surface area contributed by atoms with Crippen molar-refractivity contribution in [2.45, 2.75) is 19.8 Å². The molecule has 5 heteroatoms. The lowest BCUT2D eigenvalue weighted by Gasteiger charge is -2.32. The fourth-order valence-electron chi connectivity index (χ4n) is 2.36. The third-order valence-electron chi connectivity index (χ3n) is 3.40. The molecule has 0 atom stereocenters. The number of primary amides is 1. The Labute approximate surface area is 106 Å². The Morgan fingerprint density at radius 3 is 2.67 bits per heavy atom. The van der Waals surface area contributed by atoms with Gasteiger partial charge in [-0.3, -0.25) is 9.59 Å². The molecule has 1 fully saturated rings. The minimum absolute atomic E-state index is 0.0178. The number of nitrogens with two attached hydrogens (primary N) is 1. The molecule has 0 radical (unpaired) electrons. The van der Waals surface area contributed by atoms with Crippen molar-refractivity contribution < 1.29 is 9.59 Å². The molecule has 96 valence electrons. The van der Waals surface area contributed by atoms with E-state index in [1.54, 1.807) is 6.20 Å². The molecule has 2 rings (SSSR count). The first-order valence-corrected chi connectivity index (χ1v) is 6.08. The second-order valence-corrected chi connectivity index (χ2v) is 4.69. The van der Waals surface area contributed by atoms with Gasteiger partial charge in [0.25, 0.3) is 0 Å². The molecular formula is C13H17N3O2. The molecule has 0 saturated carbocycles. The van der Waals surface area contributed by atoms with E-state index in [-0.39, 0.29) is 11.8 Å². The van der Waals surface area contributed by atoms with E-state index in [9.17, 15) is 9.59 Å². The topological polar surface area (TPSA) is 76.3 Å². The molecule has 0 aromatic carbocycles. The highest BCUT2D eigenvalue weighted by Crippen LogP contribution is 2.24. The van der Waals surface area contributed by atoms with Gasteiger partial charge in [-0.2, -0.15) is 0 Å². The van der Waals surface area contributed by atoms with Crippen molar-refractivity contribution in [2.75, 3.05) is 18.0 Å². The summed E-state index contributed by atoms with van der Waals surface area (Å²) in [5.41, 5.74) is 6.88. The highest BCUT2D eigenvalue weighted by molar-refractivity contribution is 5.77. The van der Waals surface area contributed by atoms with E-state index < -0.39 is 0 Å². The summed E-state index contributed by atoms with van der Waals surface area (Å²) < 4.78 is 0. The van der Waals surface area contributed by atoms with Crippen molar-refractivity contribution >= 4 is 18.0 Å². The highest BCUT2D eigenvalue weighted by atomic mass is 16.1. The number of aromatic nitrogens is 1. The van der Waals surface area contributed by atoms with Crippen molar-refractivity contribution in [1.82, 2.24) is 4.98 Å². The van der Waals surface area contributed by atoms with Gasteiger partial charge >= 0.3 is 0 Å². The monoisotopic (exact) mass is 247 g/mol. The SMILES string of the molecule is Cc1cc(C=O)cnc1N1CCC(C(N)=O)CC1. The van der Waals surface area contributed by atoms with E-state index in [4.69, 9.17) is 5.73 Å². The fraction of sp³-hybridized carbons (Fsp3) is 0.462. The molecule has 0 bridgehead atoms. The summed E-state index contributed by atoms with van der Waals surface area (Å²) in [6.07, 6.45) is 3.91. The first kappa shape index (κ1) is 12.5. The quantitative estimate of drug-likeness (QED) is 0.805. The van der Waals surface area contributed by atoms with E-state index in [2.05, 4.69) is 9.88 Å². The van der Waals surface area contributed by atoms with Crippen LogP contribution in [0.3, 0.4) is 0 Å². The molecule has 1 aromatic rings. The Kier molecular flexibility index (Phi) is 3.60. The van der Waals surface area contributed by atoms with Gasteiger partial charge < -0.3 is 10.6 Å². The molecule has 0 unspecified atom stereocenters. The molecule has 18 heavy (non-hydrogen) atoms. The molecule has 1 amide bonds. The maximum absolute atomic E-state index is 11.1. The van der Waals surface area contributed by atoms with Crippen LogP contribution in [0.15, 0.2) is 12.3 Å². The zero-order valence-corrected chi connectivity index (χ0v) is 10.4. The van der Waals surface area contributed by atoms with Gasteiger partial charge in [0.15, 0.2) is 6.29 Å². The average Bonchev–Trinajstić information content (AvgIpc) is 2.38. The molecule has 2 heterocycles. The summed E-state index contributed by atoms with van der Waals surface area (Å²) >= 11 is 0. The smallest absolute Gasteiger partial charge is 0.220 e. The van der Waals surface area contributed by atoms with Crippen LogP contribution in [-0.2, 0) is 4.79 Å². The first-order chi connectivity index (χ1) is 8.61. The number of pyridine rings is 1. The van der Waals surface area contributed by atoms with Crippen LogP contribution in [0.2, 0.25) is 0 Å². The van der Waals surface area contributed by atoms with Crippen molar-refractivity contribution in [3.63, 3.8) is 0 Å². The van der Waals surface area contributed by atoms with Gasteiger partial charge in [0.1, 0.15) is 5.82 Å². The average molecular weight is 247 g/mol. The number of rotatable bonds is 3. The summed E-state index contributed by atoms with van der Waals surface area (Å²) in [5.74, 6) is 0.662. The van der Waals surface area contributed by atoms with Crippen molar-refractivity contribution in [1.29, 1.82) is 0 Å². The number of piperidine rings is 1. The van der Waals surface area contributed by atoms with Gasteiger partial charge in [-0.15, -0.1) is 0 Å². The Morgan fingerprint density at radius 2 is 2.17 bits per heavy atom. The van der Waals surface area contributed by atoms with Crippen LogP contribution in [0.25, 0.3) is 0 Å². The molecule has 1 aliphatic rings. The number of anilines is 1. The van der Waals surface area contributed by atoms with Crippen LogP contribution < -0.4 is 10.6 Å². The van der Waals surface area contributed by atoms with E-state index in [0.29, 0.717) is 5.56 Å². The van der Waals surface area contributed by atoms with Crippen LogP contribution in [0.4, 0.5) is 5.82 Å². The minimum Gasteiger partial charge on any atom is -0.369 e. The number of aryl methyl sites for hydroxylation is 1. The molecule has 0 spiro atoms. The molecule has 1 aromatic heterocycles. The summed E-state index contributed by atoms with van der Waals surface area (Å²) in [4.78, 5) is 28.2. The van der Waals surface area contributed by atoms with Gasteiger partial charge in [0, 0.05) is 30.8 Å². The van der Waals surface area contributed by atoms with Crippen LogP contribution >= 0.6 is 0 Å². The Balaban J connectivity index is 2.10. The van der Waals surface area contributed by atoms with Crippen molar-refractivity contribution in [3.05, 3.63) is 23.4 Å². The minimum atomic E-state index is -0.212. The fourth-order valence-corrected chi connectivity index (χ4v) is 2.36.